The second-order valence-electron chi connectivity index (χ2n) is 7.18. The molecular formula is C19H27N3O2. The lowest BCUT2D eigenvalue weighted by atomic mass is 9.92. The van der Waals surface area contributed by atoms with Crippen LogP contribution in [0.15, 0.2) is 16.7 Å². The number of rotatable bonds is 7. The fourth-order valence-corrected chi connectivity index (χ4v) is 3.58. The van der Waals surface area contributed by atoms with Gasteiger partial charge in [0.05, 0.1) is 12.3 Å². The minimum absolute atomic E-state index is 0.737. The highest BCUT2D eigenvalue weighted by molar-refractivity contribution is 5.93. The molecule has 24 heavy (non-hydrogen) atoms. The number of anilines is 1. The molecule has 2 fully saturated rings. The molecule has 1 aliphatic heterocycles. The average molecular weight is 329 g/mol. The molecule has 2 N–H and O–H groups in total. The molecule has 0 radical (unpaired) electrons. The summed E-state index contributed by atoms with van der Waals surface area (Å²) in [4.78, 5) is 0. The summed E-state index contributed by atoms with van der Waals surface area (Å²) in [5.74, 6) is 2.42. The van der Waals surface area contributed by atoms with Crippen molar-refractivity contribution in [3.8, 4) is 5.75 Å². The van der Waals surface area contributed by atoms with E-state index >= 15 is 0 Å². The molecule has 2 heterocycles. The first-order chi connectivity index (χ1) is 11.8. The van der Waals surface area contributed by atoms with E-state index in [0.717, 1.165) is 66.1 Å². The van der Waals surface area contributed by atoms with Crippen molar-refractivity contribution in [2.45, 2.75) is 38.5 Å². The van der Waals surface area contributed by atoms with Crippen molar-refractivity contribution < 1.29 is 9.26 Å². The Morgan fingerprint density at radius 3 is 2.79 bits per heavy atom. The maximum absolute atomic E-state index is 5.97. The van der Waals surface area contributed by atoms with E-state index in [0.29, 0.717) is 0 Å². The molecule has 2 aliphatic rings. The zero-order valence-electron chi connectivity index (χ0n) is 14.4. The predicted octanol–water partition coefficient (Wildman–Crippen LogP) is 3.59. The fraction of sp³-hybridized carbons (Fsp3) is 0.632. The summed E-state index contributed by atoms with van der Waals surface area (Å²) in [5, 5.41) is 12.1. The molecule has 5 nitrogen and oxygen atoms in total. The SMILES string of the molecule is CNc1c(OCC2CC2)ccc2c(CCC3CCNCC3)noc12. The van der Waals surface area contributed by atoms with Gasteiger partial charge in [-0.1, -0.05) is 5.16 Å². The normalized spacial score (nSPS) is 18.9. The van der Waals surface area contributed by atoms with Crippen molar-refractivity contribution in [1.82, 2.24) is 10.5 Å². The number of hydrogen-bond acceptors (Lipinski definition) is 5. The lowest BCUT2D eigenvalue weighted by molar-refractivity contribution is 0.301. The first-order valence-electron chi connectivity index (χ1n) is 9.27. The van der Waals surface area contributed by atoms with Crippen LogP contribution in [0, 0.1) is 11.8 Å². The Hall–Kier alpha value is -1.75. The summed E-state index contributed by atoms with van der Waals surface area (Å²) < 4.78 is 11.6. The second kappa shape index (κ2) is 7.01. The van der Waals surface area contributed by atoms with Crippen molar-refractivity contribution >= 4 is 16.7 Å². The minimum atomic E-state index is 0.737. The first-order valence-corrected chi connectivity index (χ1v) is 9.27. The first kappa shape index (κ1) is 15.8. The number of benzene rings is 1. The van der Waals surface area contributed by atoms with Gasteiger partial charge in [-0.15, -0.1) is 0 Å². The summed E-state index contributed by atoms with van der Waals surface area (Å²) in [6, 6.07) is 4.16. The Bertz CT molecular complexity index is 687. The number of nitrogens with zero attached hydrogens (tertiary/aromatic N) is 1. The maximum atomic E-state index is 5.97. The largest absolute Gasteiger partial charge is 0.491 e. The lowest BCUT2D eigenvalue weighted by Crippen LogP contribution is -2.27. The molecule has 1 aromatic heterocycles. The van der Waals surface area contributed by atoms with Crippen LogP contribution < -0.4 is 15.4 Å². The van der Waals surface area contributed by atoms with Gasteiger partial charge in [0.15, 0.2) is 5.58 Å². The molecule has 1 saturated carbocycles. The Morgan fingerprint density at radius 2 is 2.04 bits per heavy atom. The van der Waals surface area contributed by atoms with Gasteiger partial charge in [-0.3, -0.25) is 0 Å². The van der Waals surface area contributed by atoms with Gasteiger partial charge in [0.25, 0.3) is 0 Å². The smallest absolute Gasteiger partial charge is 0.193 e. The van der Waals surface area contributed by atoms with Crippen molar-refractivity contribution in [2.75, 3.05) is 32.1 Å². The van der Waals surface area contributed by atoms with Crippen LogP contribution in [0.3, 0.4) is 0 Å². The Balaban J connectivity index is 1.49. The average Bonchev–Trinajstić information content (AvgIpc) is 3.37. The molecule has 130 valence electrons. The zero-order valence-corrected chi connectivity index (χ0v) is 14.4. The molecule has 0 spiro atoms. The van der Waals surface area contributed by atoms with E-state index in [4.69, 9.17) is 9.26 Å². The lowest BCUT2D eigenvalue weighted by Gasteiger charge is -2.21. The predicted molar refractivity (Wildman–Crippen MR) is 95.7 cm³/mol. The molecule has 5 heteroatoms. The van der Waals surface area contributed by atoms with Crippen molar-refractivity contribution in [3.05, 3.63) is 17.8 Å². The minimum Gasteiger partial charge on any atom is -0.491 e. The van der Waals surface area contributed by atoms with E-state index in [1.807, 2.05) is 7.05 Å². The Morgan fingerprint density at radius 1 is 1.21 bits per heavy atom. The van der Waals surface area contributed by atoms with Gasteiger partial charge in [-0.05, 0) is 75.6 Å². The second-order valence-corrected chi connectivity index (χ2v) is 7.18. The van der Waals surface area contributed by atoms with Gasteiger partial charge in [-0.2, -0.15) is 0 Å². The van der Waals surface area contributed by atoms with Crippen LogP contribution in [0.5, 0.6) is 5.75 Å². The van der Waals surface area contributed by atoms with E-state index in [9.17, 15) is 0 Å². The molecule has 1 saturated heterocycles. The van der Waals surface area contributed by atoms with Crippen molar-refractivity contribution in [3.63, 3.8) is 0 Å². The third-order valence-corrected chi connectivity index (χ3v) is 5.35. The number of hydrogen-bond donors (Lipinski definition) is 2. The Kier molecular flexibility index (Phi) is 4.60. The molecule has 2 aromatic rings. The number of ether oxygens (including phenoxy) is 1. The fourth-order valence-electron chi connectivity index (χ4n) is 3.58. The van der Waals surface area contributed by atoms with Gasteiger partial charge in [0.2, 0.25) is 0 Å². The van der Waals surface area contributed by atoms with Crippen molar-refractivity contribution in [2.24, 2.45) is 11.8 Å². The molecule has 0 unspecified atom stereocenters. The standard InChI is InChI=1S/C19H27N3O2/c1-20-18-17(23-12-14-2-3-14)7-5-15-16(22-24-19(15)18)6-4-13-8-10-21-11-9-13/h5,7,13-14,20-21H,2-4,6,8-12H2,1H3. The molecular weight excluding hydrogens is 302 g/mol. The van der Waals surface area contributed by atoms with Crippen molar-refractivity contribution in [1.29, 1.82) is 0 Å². The summed E-state index contributed by atoms with van der Waals surface area (Å²) in [5.41, 5.74) is 2.83. The van der Waals surface area contributed by atoms with Crippen LogP contribution in [-0.2, 0) is 6.42 Å². The van der Waals surface area contributed by atoms with Gasteiger partial charge in [0.1, 0.15) is 11.4 Å². The van der Waals surface area contributed by atoms with Gasteiger partial charge < -0.3 is 19.9 Å². The van der Waals surface area contributed by atoms with Crippen LogP contribution in [0.4, 0.5) is 5.69 Å². The Labute approximate surface area is 143 Å². The van der Waals surface area contributed by atoms with Crippen LogP contribution in [0.1, 0.15) is 37.8 Å². The third-order valence-electron chi connectivity index (χ3n) is 5.35. The number of nitrogens with one attached hydrogen (secondary N) is 2. The molecule has 1 aliphatic carbocycles. The van der Waals surface area contributed by atoms with Crippen LogP contribution in [-0.4, -0.2) is 31.9 Å². The molecule has 0 amide bonds. The number of aromatic nitrogens is 1. The van der Waals surface area contributed by atoms with Crippen LogP contribution in [0.25, 0.3) is 11.0 Å². The third kappa shape index (κ3) is 3.36. The van der Waals surface area contributed by atoms with E-state index in [2.05, 4.69) is 27.9 Å². The summed E-state index contributed by atoms with van der Waals surface area (Å²) >= 11 is 0. The van der Waals surface area contributed by atoms with Crippen LogP contribution >= 0.6 is 0 Å². The monoisotopic (exact) mass is 329 g/mol. The summed E-state index contributed by atoms with van der Waals surface area (Å²) in [7, 11) is 1.91. The maximum Gasteiger partial charge on any atom is 0.193 e. The van der Waals surface area contributed by atoms with E-state index in [1.54, 1.807) is 0 Å². The zero-order chi connectivity index (χ0) is 16.4. The van der Waals surface area contributed by atoms with Gasteiger partial charge >= 0.3 is 0 Å². The summed E-state index contributed by atoms with van der Waals surface area (Å²) in [6.45, 7) is 3.10. The molecule has 1 aromatic carbocycles. The van der Waals surface area contributed by atoms with Crippen LogP contribution in [0.2, 0.25) is 0 Å². The van der Waals surface area contributed by atoms with Gasteiger partial charge in [-0.25, -0.2) is 0 Å². The number of piperidine rings is 1. The molecule has 0 bridgehead atoms. The highest BCUT2D eigenvalue weighted by Crippen LogP contribution is 2.37. The highest BCUT2D eigenvalue weighted by atomic mass is 16.5. The highest BCUT2D eigenvalue weighted by Gasteiger charge is 2.23. The van der Waals surface area contributed by atoms with E-state index < -0.39 is 0 Å². The molecule has 4 rings (SSSR count). The number of aryl methyl sites for hydroxylation is 1. The van der Waals surface area contributed by atoms with E-state index in [-0.39, 0.29) is 0 Å². The van der Waals surface area contributed by atoms with Gasteiger partial charge in [0, 0.05) is 12.4 Å². The van der Waals surface area contributed by atoms with E-state index in [1.165, 1.54) is 32.1 Å². The molecule has 0 atom stereocenters. The number of fused-ring (bicyclic) bond motifs is 1. The summed E-state index contributed by atoms with van der Waals surface area (Å²) in [6.07, 6.45) is 7.31. The quantitative estimate of drug-likeness (QED) is 0.813. The topological polar surface area (TPSA) is 59.3 Å².